The molecule has 3 fully saturated rings. The maximum absolute atomic E-state index is 11.7. The van der Waals surface area contributed by atoms with E-state index in [9.17, 15) is 9.59 Å². The SMILES string of the molecule is CC1CCCN(c2ccc(NC(=O)C3CC3)cn2)C1.CN(C=O)C1CCCCC1. The van der Waals surface area contributed by atoms with Crippen LogP contribution in [0.15, 0.2) is 18.3 Å². The van der Waals surface area contributed by atoms with Crippen LogP contribution in [0.1, 0.15) is 64.7 Å². The first-order chi connectivity index (χ1) is 14.1. The first-order valence-corrected chi connectivity index (χ1v) is 11.3. The summed E-state index contributed by atoms with van der Waals surface area (Å²) in [7, 11) is 1.88. The first kappa shape index (κ1) is 21.6. The first-order valence-electron chi connectivity index (χ1n) is 11.3. The van der Waals surface area contributed by atoms with Crippen LogP contribution < -0.4 is 10.2 Å². The van der Waals surface area contributed by atoms with Gasteiger partial charge in [0, 0.05) is 32.1 Å². The molecule has 160 valence electrons. The van der Waals surface area contributed by atoms with Gasteiger partial charge in [-0.1, -0.05) is 26.2 Å². The van der Waals surface area contributed by atoms with Crippen LogP contribution in [-0.2, 0) is 9.59 Å². The number of carbonyl (C=O) groups is 2. The summed E-state index contributed by atoms with van der Waals surface area (Å²) in [6.07, 6.45) is 13.7. The third-order valence-electron chi connectivity index (χ3n) is 6.26. The van der Waals surface area contributed by atoms with E-state index < -0.39 is 0 Å². The smallest absolute Gasteiger partial charge is 0.227 e. The minimum Gasteiger partial charge on any atom is -0.356 e. The number of piperidine rings is 1. The summed E-state index contributed by atoms with van der Waals surface area (Å²) in [4.78, 5) is 30.6. The lowest BCUT2D eigenvalue weighted by Crippen LogP contribution is -2.34. The fourth-order valence-electron chi connectivity index (χ4n) is 4.21. The molecule has 0 radical (unpaired) electrons. The van der Waals surface area contributed by atoms with Crippen molar-refractivity contribution in [3.8, 4) is 0 Å². The van der Waals surface area contributed by atoms with Gasteiger partial charge in [-0.15, -0.1) is 0 Å². The Morgan fingerprint density at radius 1 is 1.14 bits per heavy atom. The average molecular weight is 401 g/mol. The average Bonchev–Trinajstić information content (AvgIpc) is 3.60. The molecule has 29 heavy (non-hydrogen) atoms. The molecule has 1 atom stereocenters. The predicted octanol–water partition coefficient (Wildman–Crippen LogP) is 4.07. The summed E-state index contributed by atoms with van der Waals surface area (Å²) in [5.41, 5.74) is 0.811. The van der Waals surface area contributed by atoms with Crippen molar-refractivity contribution in [1.82, 2.24) is 9.88 Å². The molecule has 6 nitrogen and oxygen atoms in total. The number of nitrogens with one attached hydrogen (secondary N) is 1. The van der Waals surface area contributed by atoms with Crippen molar-refractivity contribution < 1.29 is 9.59 Å². The highest BCUT2D eigenvalue weighted by Crippen LogP contribution is 2.30. The molecule has 1 unspecified atom stereocenters. The van der Waals surface area contributed by atoms with E-state index in [4.69, 9.17) is 0 Å². The van der Waals surface area contributed by atoms with E-state index >= 15 is 0 Å². The predicted molar refractivity (Wildman–Crippen MR) is 117 cm³/mol. The molecule has 1 saturated heterocycles. The maximum atomic E-state index is 11.7. The van der Waals surface area contributed by atoms with Gasteiger partial charge in [-0.3, -0.25) is 9.59 Å². The van der Waals surface area contributed by atoms with Gasteiger partial charge in [-0.2, -0.15) is 0 Å². The molecule has 2 saturated carbocycles. The number of nitrogens with zero attached hydrogens (tertiary/aromatic N) is 3. The van der Waals surface area contributed by atoms with E-state index in [2.05, 4.69) is 22.1 Å². The van der Waals surface area contributed by atoms with Gasteiger partial charge in [0.1, 0.15) is 5.82 Å². The number of hydrogen-bond acceptors (Lipinski definition) is 4. The van der Waals surface area contributed by atoms with Gasteiger partial charge >= 0.3 is 0 Å². The van der Waals surface area contributed by atoms with E-state index in [1.165, 1.54) is 44.9 Å². The minimum absolute atomic E-state index is 0.140. The normalized spacial score (nSPS) is 22.3. The molecule has 2 aliphatic carbocycles. The largest absolute Gasteiger partial charge is 0.356 e. The van der Waals surface area contributed by atoms with Crippen molar-refractivity contribution in [1.29, 1.82) is 0 Å². The lowest BCUT2D eigenvalue weighted by molar-refractivity contribution is -0.119. The van der Waals surface area contributed by atoms with Crippen LogP contribution in [0.2, 0.25) is 0 Å². The Bertz CT molecular complexity index is 653. The quantitative estimate of drug-likeness (QED) is 0.757. The van der Waals surface area contributed by atoms with Gasteiger partial charge in [0.15, 0.2) is 0 Å². The number of amides is 2. The van der Waals surface area contributed by atoms with Gasteiger partial charge in [-0.25, -0.2) is 4.98 Å². The second-order valence-corrected chi connectivity index (χ2v) is 8.92. The van der Waals surface area contributed by atoms with E-state index in [1.54, 1.807) is 11.1 Å². The van der Waals surface area contributed by atoms with Crippen molar-refractivity contribution in [2.45, 2.75) is 70.8 Å². The number of aromatic nitrogens is 1. The molecule has 4 rings (SSSR count). The van der Waals surface area contributed by atoms with Crippen molar-refractivity contribution in [3.63, 3.8) is 0 Å². The maximum Gasteiger partial charge on any atom is 0.227 e. The van der Waals surface area contributed by atoms with Crippen LogP contribution in [-0.4, -0.2) is 48.4 Å². The molecule has 2 amide bonds. The summed E-state index contributed by atoms with van der Waals surface area (Å²) in [5.74, 6) is 2.14. The van der Waals surface area contributed by atoms with Gasteiger partial charge in [0.05, 0.1) is 11.9 Å². The Hall–Kier alpha value is -2.11. The number of carbonyl (C=O) groups excluding carboxylic acids is 2. The second kappa shape index (κ2) is 10.6. The number of hydrogen-bond donors (Lipinski definition) is 1. The molecule has 1 N–H and O–H groups in total. The summed E-state index contributed by atoms with van der Waals surface area (Å²) in [5, 5.41) is 2.92. The van der Waals surface area contributed by atoms with Crippen LogP contribution in [0.3, 0.4) is 0 Å². The van der Waals surface area contributed by atoms with Crippen LogP contribution in [0.5, 0.6) is 0 Å². The highest BCUT2D eigenvalue weighted by Gasteiger charge is 2.29. The Labute approximate surface area is 175 Å². The molecule has 3 aliphatic rings. The molecule has 1 aromatic rings. The van der Waals surface area contributed by atoms with Gasteiger partial charge in [0.2, 0.25) is 12.3 Å². The van der Waals surface area contributed by atoms with Gasteiger partial charge in [0.25, 0.3) is 0 Å². The molecule has 1 aromatic heterocycles. The second-order valence-electron chi connectivity index (χ2n) is 8.92. The summed E-state index contributed by atoms with van der Waals surface area (Å²) >= 11 is 0. The topological polar surface area (TPSA) is 65.5 Å². The standard InChI is InChI=1S/C15H21N3O.C8H15NO/c1-11-3-2-8-18(10-11)14-7-6-13(9-16-14)17-15(19)12-4-5-12;1-9(7-10)8-5-3-2-4-6-8/h6-7,9,11-12H,2-5,8,10H2,1H3,(H,17,19);7-8H,2-6H2,1H3. The Balaban J connectivity index is 0.000000204. The van der Waals surface area contributed by atoms with Gasteiger partial charge < -0.3 is 15.1 Å². The Morgan fingerprint density at radius 2 is 1.90 bits per heavy atom. The Morgan fingerprint density at radius 3 is 2.48 bits per heavy atom. The molecule has 6 heteroatoms. The lowest BCUT2D eigenvalue weighted by atomic mass is 9.95. The lowest BCUT2D eigenvalue weighted by Gasteiger charge is -2.31. The van der Waals surface area contributed by atoms with Crippen molar-refractivity contribution in [3.05, 3.63) is 18.3 Å². The van der Waals surface area contributed by atoms with E-state index in [-0.39, 0.29) is 11.8 Å². The summed E-state index contributed by atoms with van der Waals surface area (Å²) in [6.45, 7) is 4.46. The highest BCUT2D eigenvalue weighted by atomic mass is 16.2. The highest BCUT2D eigenvalue weighted by molar-refractivity contribution is 5.93. The van der Waals surface area contributed by atoms with E-state index in [1.807, 2.05) is 19.2 Å². The zero-order valence-corrected chi connectivity index (χ0v) is 18.0. The van der Waals surface area contributed by atoms with Crippen molar-refractivity contribution >= 4 is 23.8 Å². The molecule has 0 spiro atoms. The molecule has 1 aliphatic heterocycles. The number of rotatable bonds is 5. The minimum atomic E-state index is 0.140. The third kappa shape index (κ3) is 6.72. The summed E-state index contributed by atoms with van der Waals surface area (Å²) < 4.78 is 0. The van der Waals surface area contributed by atoms with E-state index in [0.717, 1.165) is 49.8 Å². The monoisotopic (exact) mass is 400 g/mol. The van der Waals surface area contributed by atoms with E-state index in [0.29, 0.717) is 6.04 Å². The van der Waals surface area contributed by atoms with Crippen LogP contribution in [0.25, 0.3) is 0 Å². The Kier molecular flexibility index (Phi) is 7.90. The molecular weight excluding hydrogens is 364 g/mol. The summed E-state index contributed by atoms with van der Waals surface area (Å²) in [6, 6.07) is 4.51. The van der Waals surface area contributed by atoms with Crippen LogP contribution >= 0.6 is 0 Å². The van der Waals surface area contributed by atoms with Crippen molar-refractivity contribution in [2.75, 3.05) is 30.4 Å². The molecule has 0 aromatic carbocycles. The van der Waals surface area contributed by atoms with Gasteiger partial charge in [-0.05, 0) is 56.6 Å². The third-order valence-corrected chi connectivity index (χ3v) is 6.26. The van der Waals surface area contributed by atoms with Crippen LogP contribution in [0.4, 0.5) is 11.5 Å². The fraction of sp³-hybridized carbons (Fsp3) is 0.696. The fourth-order valence-corrected chi connectivity index (χ4v) is 4.21. The zero-order chi connectivity index (χ0) is 20.6. The van der Waals surface area contributed by atoms with Crippen LogP contribution in [0, 0.1) is 11.8 Å². The number of pyridine rings is 1. The zero-order valence-electron chi connectivity index (χ0n) is 18.0. The molecular formula is C23H36N4O2. The molecule has 0 bridgehead atoms. The number of anilines is 2. The molecule has 2 heterocycles. The van der Waals surface area contributed by atoms with Crippen molar-refractivity contribution in [2.24, 2.45) is 11.8 Å².